The van der Waals surface area contributed by atoms with Crippen LogP contribution < -0.4 is 14.8 Å². The minimum Gasteiger partial charge on any atom is -0.490 e. The average Bonchev–Trinajstić information content (AvgIpc) is 3.17. The number of hydrogen-bond acceptors (Lipinski definition) is 7. The second kappa shape index (κ2) is 10.5. The van der Waals surface area contributed by atoms with E-state index < -0.39 is 0 Å². The molecule has 7 heteroatoms. The Morgan fingerprint density at radius 3 is 2.52 bits per heavy atom. The fourth-order valence-electron chi connectivity index (χ4n) is 2.51. The maximum absolute atomic E-state index is 12.0. The fraction of sp³-hybridized carbons (Fsp3) is 0.273. The first kappa shape index (κ1) is 20.7. The number of rotatable bonds is 10. The van der Waals surface area contributed by atoms with Crippen LogP contribution >= 0.6 is 11.3 Å². The summed E-state index contributed by atoms with van der Waals surface area (Å²) in [6.45, 7) is 4.87. The first-order valence-electron chi connectivity index (χ1n) is 9.42. The number of nitrogens with zero attached hydrogens (tertiary/aromatic N) is 1. The quantitative estimate of drug-likeness (QED) is 0.467. The van der Waals surface area contributed by atoms with Crippen LogP contribution in [0.15, 0.2) is 53.9 Å². The molecule has 0 bridgehead atoms. The second-order valence-corrected chi connectivity index (χ2v) is 7.13. The van der Waals surface area contributed by atoms with Crippen LogP contribution in [-0.4, -0.2) is 24.2 Å². The molecule has 0 spiro atoms. The Labute approximate surface area is 174 Å². The summed E-state index contributed by atoms with van der Waals surface area (Å²) >= 11 is 1.47. The largest absolute Gasteiger partial charge is 0.490 e. The molecule has 0 amide bonds. The van der Waals surface area contributed by atoms with E-state index in [9.17, 15) is 4.79 Å². The first-order valence-corrected chi connectivity index (χ1v) is 10.3. The lowest BCUT2D eigenvalue weighted by atomic mass is 10.2. The lowest BCUT2D eigenvalue weighted by molar-refractivity contribution is -0.145. The fourth-order valence-corrected chi connectivity index (χ4v) is 3.22. The molecule has 1 heterocycles. The molecule has 2 aromatic carbocycles. The maximum atomic E-state index is 12.0. The summed E-state index contributed by atoms with van der Waals surface area (Å²) in [5.41, 5.74) is 2.88. The molecule has 0 radical (unpaired) electrons. The number of aryl methyl sites for hydroxylation is 1. The van der Waals surface area contributed by atoms with Crippen LogP contribution in [0.25, 0.3) is 0 Å². The van der Waals surface area contributed by atoms with Crippen LogP contribution in [0.4, 0.5) is 10.8 Å². The lowest BCUT2D eigenvalue weighted by Crippen LogP contribution is -2.10. The highest BCUT2D eigenvalue weighted by Crippen LogP contribution is 2.26. The van der Waals surface area contributed by atoms with Crippen molar-refractivity contribution in [2.45, 2.75) is 26.9 Å². The minimum absolute atomic E-state index is 0.139. The predicted octanol–water partition coefficient (Wildman–Crippen LogP) is 5.11. The van der Waals surface area contributed by atoms with Crippen molar-refractivity contribution in [1.29, 1.82) is 0 Å². The van der Waals surface area contributed by atoms with Gasteiger partial charge in [0.15, 0.2) is 16.6 Å². The highest BCUT2D eigenvalue weighted by Gasteiger charge is 2.09. The van der Waals surface area contributed by atoms with E-state index in [1.165, 1.54) is 16.9 Å². The Balaban J connectivity index is 1.41. The van der Waals surface area contributed by atoms with Crippen molar-refractivity contribution in [3.63, 3.8) is 0 Å². The Morgan fingerprint density at radius 2 is 1.79 bits per heavy atom. The molecule has 0 atom stereocenters. The maximum Gasteiger partial charge on any atom is 0.309 e. The van der Waals surface area contributed by atoms with Gasteiger partial charge >= 0.3 is 5.97 Å². The summed E-state index contributed by atoms with van der Waals surface area (Å²) in [7, 11) is 0. The Kier molecular flexibility index (Phi) is 7.47. The SMILES string of the molecule is CCOc1ccccc1OCCC(=O)OCc1csc(Nc2ccc(C)cc2)n1. The second-order valence-electron chi connectivity index (χ2n) is 6.27. The smallest absolute Gasteiger partial charge is 0.309 e. The molecule has 3 rings (SSSR count). The number of anilines is 2. The van der Waals surface area contributed by atoms with Crippen molar-refractivity contribution in [3.05, 3.63) is 65.2 Å². The number of carbonyl (C=O) groups is 1. The average molecular weight is 413 g/mol. The molecule has 29 heavy (non-hydrogen) atoms. The number of nitrogens with one attached hydrogen (secondary N) is 1. The van der Waals surface area contributed by atoms with Crippen LogP contribution in [0.3, 0.4) is 0 Å². The minimum atomic E-state index is -0.333. The zero-order chi connectivity index (χ0) is 20.5. The van der Waals surface area contributed by atoms with Gasteiger partial charge in [0.05, 0.1) is 25.3 Å². The monoisotopic (exact) mass is 412 g/mol. The summed E-state index contributed by atoms with van der Waals surface area (Å²) in [5, 5.41) is 5.88. The standard InChI is InChI=1S/C22H24N2O4S/c1-3-26-19-6-4-5-7-20(19)27-13-12-21(25)28-14-18-15-29-22(24-18)23-17-10-8-16(2)9-11-17/h4-11,15H,3,12-14H2,1-2H3,(H,23,24). The van der Waals surface area contributed by atoms with Crippen molar-refractivity contribution < 1.29 is 19.0 Å². The molecule has 0 fully saturated rings. The van der Waals surface area contributed by atoms with E-state index in [2.05, 4.69) is 10.3 Å². The molecule has 0 aliphatic heterocycles. The molecule has 6 nitrogen and oxygen atoms in total. The number of thiazole rings is 1. The molecule has 0 saturated carbocycles. The number of carbonyl (C=O) groups excluding carboxylic acids is 1. The molecule has 0 saturated heterocycles. The van der Waals surface area contributed by atoms with E-state index in [1.54, 1.807) is 0 Å². The van der Waals surface area contributed by atoms with E-state index in [-0.39, 0.29) is 25.6 Å². The van der Waals surface area contributed by atoms with Gasteiger partial charge in [-0.15, -0.1) is 11.3 Å². The van der Waals surface area contributed by atoms with Gasteiger partial charge in [0.25, 0.3) is 0 Å². The van der Waals surface area contributed by atoms with Crippen molar-refractivity contribution in [1.82, 2.24) is 4.98 Å². The first-order chi connectivity index (χ1) is 14.1. The normalized spacial score (nSPS) is 10.4. The van der Waals surface area contributed by atoms with Gasteiger partial charge in [-0.3, -0.25) is 4.79 Å². The van der Waals surface area contributed by atoms with Gasteiger partial charge in [0.1, 0.15) is 6.61 Å². The Morgan fingerprint density at radius 1 is 1.07 bits per heavy atom. The molecule has 3 aromatic rings. The van der Waals surface area contributed by atoms with Gasteiger partial charge < -0.3 is 19.5 Å². The molecule has 152 valence electrons. The lowest BCUT2D eigenvalue weighted by Gasteiger charge is -2.11. The van der Waals surface area contributed by atoms with Crippen LogP contribution in [0, 0.1) is 6.92 Å². The van der Waals surface area contributed by atoms with Gasteiger partial charge in [-0.2, -0.15) is 0 Å². The molecule has 1 N–H and O–H groups in total. The number of aromatic nitrogens is 1. The van der Waals surface area contributed by atoms with Crippen LogP contribution in [0.1, 0.15) is 24.6 Å². The molecule has 0 unspecified atom stereocenters. The Bertz CT molecular complexity index is 925. The highest BCUT2D eigenvalue weighted by atomic mass is 32.1. The van der Waals surface area contributed by atoms with E-state index >= 15 is 0 Å². The zero-order valence-electron chi connectivity index (χ0n) is 16.5. The van der Waals surface area contributed by atoms with Gasteiger partial charge in [-0.05, 0) is 38.1 Å². The van der Waals surface area contributed by atoms with E-state index in [1.807, 2.05) is 67.8 Å². The number of benzene rings is 2. The third-order valence-corrected chi connectivity index (χ3v) is 4.75. The third kappa shape index (κ3) is 6.50. The topological polar surface area (TPSA) is 69.7 Å². The number of para-hydroxylation sites is 2. The predicted molar refractivity (Wildman–Crippen MR) is 114 cm³/mol. The van der Waals surface area contributed by atoms with Gasteiger partial charge in [-0.25, -0.2) is 4.98 Å². The number of hydrogen-bond donors (Lipinski definition) is 1. The molecule has 1 aromatic heterocycles. The van der Waals surface area contributed by atoms with Crippen LogP contribution in [-0.2, 0) is 16.1 Å². The number of ether oxygens (including phenoxy) is 3. The summed E-state index contributed by atoms with van der Waals surface area (Å²) < 4.78 is 16.4. The molecular formula is C22H24N2O4S. The summed E-state index contributed by atoms with van der Waals surface area (Å²) in [6, 6.07) is 15.5. The summed E-state index contributed by atoms with van der Waals surface area (Å²) in [5.74, 6) is 0.952. The van der Waals surface area contributed by atoms with Crippen molar-refractivity contribution in [3.8, 4) is 11.5 Å². The highest BCUT2D eigenvalue weighted by molar-refractivity contribution is 7.13. The molecule has 0 aliphatic carbocycles. The van der Waals surface area contributed by atoms with Crippen LogP contribution in [0.5, 0.6) is 11.5 Å². The summed E-state index contributed by atoms with van der Waals surface area (Å²) in [6.07, 6.45) is 0.152. The molecular weight excluding hydrogens is 388 g/mol. The third-order valence-electron chi connectivity index (χ3n) is 3.95. The summed E-state index contributed by atoms with van der Waals surface area (Å²) in [4.78, 5) is 16.4. The van der Waals surface area contributed by atoms with Gasteiger partial charge in [0, 0.05) is 11.1 Å². The van der Waals surface area contributed by atoms with E-state index in [0.29, 0.717) is 23.8 Å². The van der Waals surface area contributed by atoms with Gasteiger partial charge in [0.2, 0.25) is 0 Å². The van der Waals surface area contributed by atoms with Crippen molar-refractivity contribution in [2.24, 2.45) is 0 Å². The Hall–Kier alpha value is -3.06. The van der Waals surface area contributed by atoms with Crippen molar-refractivity contribution in [2.75, 3.05) is 18.5 Å². The zero-order valence-corrected chi connectivity index (χ0v) is 17.3. The van der Waals surface area contributed by atoms with E-state index in [4.69, 9.17) is 14.2 Å². The van der Waals surface area contributed by atoms with Crippen molar-refractivity contribution >= 4 is 28.1 Å². The molecule has 0 aliphatic rings. The van der Waals surface area contributed by atoms with Gasteiger partial charge in [-0.1, -0.05) is 29.8 Å². The van der Waals surface area contributed by atoms with E-state index in [0.717, 1.165) is 10.8 Å². The van der Waals surface area contributed by atoms with Crippen LogP contribution in [0.2, 0.25) is 0 Å². The number of esters is 1.